The fourth-order valence-corrected chi connectivity index (χ4v) is 0.0833. The Morgan fingerprint density at radius 3 is 1.33 bits per heavy atom. The molecule has 0 unspecified atom stereocenters. The fraction of sp³-hybridized carbons (Fsp3) is 0.400. The molecule has 0 bridgehead atoms. The second-order valence-electron chi connectivity index (χ2n) is 1.25. The Kier molecular flexibility index (Phi) is 131. The monoisotopic (exact) mass is 250 g/mol. The molecule has 0 rings (SSSR count). The van der Waals surface area contributed by atoms with Crippen molar-refractivity contribution in [2.24, 2.45) is 0 Å². The molecule has 0 heterocycles. The van der Waals surface area contributed by atoms with Gasteiger partial charge >= 0.3 is 43.7 Å². The van der Waals surface area contributed by atoms with Crippen molar-refractivity contribution in [3.8, 4) is 0 Å². The quantitative estimate of drug-likeness (QED) is 0.296. The zero-order chi connectivity index (χ0) is 13.3. The van der Waals surface area contributed by atoms with Crippen molar-refractivity contribution in [3.05, 3.63) is 25.3 Å². The third kappa shape index (κ3) is 107. The number of aliphatic hydroxyl groups is 1. The molecule has 8 heteroatoms. The minimum absolute atomic E-state index is 0. The first-order chi connectivity index (χ1) is 7.08. The second kappa shape index (κ2) is 54.8. The van der Waals surface area contributed by atoms with Gasteiger partial charge in [-0.1, -0.05) is 27.0 Å². The predicted octanol–water partition coefficient (Wildman–Crippen LogP) is -6.27. The molecular weight excluding hydrogens is 230 g/mol. The molecule has 0 aliphatic heterocycles. The molecule has 0 fully saturated rings. The van der Waals surface area contributed by atoms with Crippen LogP contribution in [-0.4, -0.2) is 36.7 Å². The Balaban J connectivity index is -0.0000000187. The molecule has 0 saturated heterocycles. The maximum atomic E-state index is 9.84. The molecule has 6 nitrogen and oxygen atoms in total. The van der Waals surface area contributed by atoms with E-state index in [2.05, 4.69) is 17.9 Å². The maximum absolute atomic E-state index is 9.84. The summed E-state index contributed by atoms with van der Waals surface area (Å²) in [7, 11) is 2.31. The van der Waals surface area contributed by atoms with Gasteiger partial charge in [0.25, 0.3) is 0 Å². The van der Waals surface area contributed by atoms with Crippen molar-refractivity contribution in [3.63, 3.8) is 0 Å². The van der Waals surface area contributed by atoms with Crippen molar-refractivity contribution in [1.82, 2.24) is 0 Å². The Hall–Kier alpha value is -0.465. The van der Waals surface area contributed by atoms with E-state index in [1.807, 2.05) is 13.8 Å². The van der Waals surface area contributed by atoms with E-state index in [1.165, 1.54) is 7.11 Å². The molecule has 0 aliphatic rings. The van der Waals surface area contributed by atoms with Gasteiger partial charge in [0.15, 0.2) is 0 Å². The summed E-state index contributed by atoms with van der Waals surface area (Å²) in [6.45, 7) is 10.1. The summed E-state index contributed by atoms with van der Waals surface area (Å²) < 4.78 is 4.14. The van der Waals surface area contributed by atoms with Gasteiger partial charge in [-0.3, -0.25) is 0 Å². The third-order valence-corrected chi connectivity index (χ3v) is 0.535. The molecule has 0 aliphatic carbocycles. The van der Waals surface area contributed by atoms with E-state index in [9.17, 15) is 4.79 Å². The van der Waals surface area contributed by atoms with Gasteiger partial charge in [-0.15, -0.1) is 0 Å². The number of rotatable bonds is 2. The summed E-state index contributed by atoms with van der Waals surface area (Å²) in [4.78, 5) is 19.0. The van der Waals surface area contributed by atoms with E-state index in [4.69, 9.17) is 15.0 Å². The Bertz CT molecular complexity index is 174. The van der Waals surface area contributed by atoms with Crippen LogP contribution in [0.4, 0.5) is 0 Å². The van der Waals surface area contributed by atoms with Gasteiger partial charge in [-0.2, -0.15) is 0 Å². The number of carboxylic acids is 1. The predicted molar refractivity (Wildman–Crippen MR) is 58.8 cm³/mol. The van der Waals surface area contributed by atoms with Crippen molar-refractivity contribution in [2.45, 2.75) is 13.8 Å². The number of carbonyl (C=O) groups is 2. The largest absolute Gasteiger partial charge is 1.00 e. The van der Waals surface area contributed by atoms with E-state index in [0.29, 0.717) is 0 Å². The SMILES string of the molecule is C=CC(=O)OC.C=CC(=O)[O-].CC.CO.[Li+].[Li+].[OH-]. The Morgan fingerprint density at radius 2 is 1.33 bits per heavy atom. The van der Waals surface area contributed by atoms with Crippen LogP contribution in [-0.2, 0) is 14.3 Å². The standard InChI is InChI=1S/C4H6O2.C3H4O2.C2H6.CH4O.2Li.H2O/c1-3-4(5)6-2;1-2-3(4)5;2*1-2;;;/h3H,1H2,2H3;2H,1H2,(H,4,5);1-2H3;2H,1H3;;;1H2/q;;;;2*+1;/p-2. The van der Waals surface area contributed by atoms with Crippen molar-refractivity contribution in [1.29, 1.82) is 0 Å². The van der Waals surface area contributed by atoms with E-state index >= 15 is 0 Å². The smallest absolute Gasteiger partial charge is 0.870 e. The van der Waals surface area contributed by atoms with Crippen LogP contribution in [0.1, 0.15) is 13.8 Å². The molecule has 2 N–H and O–H groups in total. The van der Waals surface area contributed by atoms with Gasteiger partial charge in [0.1, 0.15) is 0 Å². The molecule has 0 atom stereocenters. The number of hydrogen-bond donors (Lipinski definition) is 1. The topological polar surface area (TPSA) is 117 Å². The minimum Gasteiger partial charge on any atom is -0.870 e. The van der Waals surface area contributed by atoms with Crippen LogP contribution in [0.3, 0.4) is 0 Å². The van der Waals surface area contributed by atoms with Crippen LogP contribution in [0.15, 0.2) is 25.3 Å². The van der Waals surface area contributed by atoms with Crippen molar-refractivity contribution in [2.75, 3.05) is 14.2 Å². The molecule has 0 aromatic carbocycles. The number of carboxylic acid groups (broad SMARTS) is 1. The summed E-state index contributed by atoms with van der Waals surface area (Å²) in [5.74, 6) is -1.62. The van der Waals surface area contributed by atoms with Gasteiger partial charge in [-0.25, -0.2) is 4.79 Å². The molecule has 0 radical (unpaired) electrons. The van der Waals surface area contributed by atoms with Crippen LogP contribution in [0, 0.1) is 0 Å². The molecule has 98 valence electrons. The van der Waals surface area contributed by atoms with Gasteiger partial charge in [0.05, 0.1) is 13.1 Å². The van der Waals surface area contributed by atoms with Gasteiger partial charge in [-0.05, 0) is 6.08 Å². The molecule has 0 saturated carbocycles. The number of esters is 1. The first kappa shape index (κ1) is 43.2. The van der Waals surface area contributed by atoms with Gasteiger partial charge in [0.2, 0.25) is 0 Å². The molecule has 0 aromatic rings. The number of aliphatic hydroxyl groups excluding tert-OH is 1. The zero-order valence-electron chi connectivity index (χ0n) is 12.1. The second-order valence-corrected chi connectivity index (χ2v) is 1.25. The molecule has 0 aromatic heterocycles. The van der Waals surface area contributed by atoms with Gasteiger partial charge < -0.3 is 25.2 Å². The van der Waals surface area contributed by atoms with Crippen LogP contribution in [0.2, 0.25) is 0 Å². The summed E-state index contributed by atoms with van der Waals surface area (Å²) in [5, 5.41) is 16.1. The maximum Gasteiger partial charge on any atom is 1.00 e. The molecule has 0 spiro atoms. The summed E-state index contributed by atoms with van der Waals surface area (Å²) >= 11 is 0. The Morgan fingerprint density at radius 1 is 1.11 bits per heavy atom. The third-order valence-electron chi connectivity index (χ3n) is 0.535. The number of methoxy groups -OCH3 is 1. The van der Waals surface area contributed by atoms with Crippen LogP contribution in [0.25, 0.3) is 0 Å². The van der Waals surface area contributed by atoms with Crippen molar-refractivity contribution >= 4 is 11.9 Å². The summed E-state index contributed by atoms with van der Waals surface area (Å²) in [6.07, 6.45) is 1.83. The average Bonchev–Trinajstić information content (AvgIpc) is 2.33. The number of ether oxygens (including phenoxy) is 1. The normalized spacial score (nSPS) is 4.72. The average molecular weight is 250 g/mol. The number of carbonyl (C=O) groups excluding carboxylic acids is 2. The van der Waals surface area contributed by atoms with E-state index < -0.39 is 11.9 Å². The van der Waals surface area contributed by atoms with Crippen LogP contribution >= 0.6 is 0 Å². The number of aliphatic carboxylic acids is 1. The van der Waals surface area contributed by atoms with Gasteiger partial charge in [0, 0.05) is 13.2 Å². The number of hydrogen-bond acceptors (Lipinski definition) is 6. The van der Waals surface area contributed by atoms with Crippen LogP contribution in [0.5, 0.6) is 0 Å². The molecule has 0 amide bonds. The van der Waals surface area contributed by atoms with E-state index in [1.54, 1.807) is 0 Å². The molecular formula is C10H20Li2O6. The van der Waals surface area contributed by atoms with Crippen molar-refractivity contribution < 1.29 is 67.7 Å². The molecule has 18 heavy (non-hydrogen) atoms. The first-order valence-electron chi connectivity index (χ1n) is 4.07. The minimum atomic E-state index is -1.23. The fourth-order valence-electron chi connectivity index (χ4n) is 0.0833. The Labute approximate surface area is 133 Å². The zero-order valence-corrected chi connectivity index (χ0v) is 12.1. The summed E-state index contributed by atoms with van der Waals surface area (Å²) in [5.41, 5.74) is 0. The first-order valence-corrected chi connectivity index (χ1v) is 4.07. The van der Waals surface area contributed by atoms with E-state index in [0.717, 1.165) is 19.3 Å². The van der Waals surface area contributed by atoms with E-state index in [-0.39, 0.29) is 43.2 Å². The summed E-state index contributed by atoms with van der Waals surface area (Å²) in [6, 6.07) is 0. The van der Waals surface area contributed by atoms with Crippen LogP contribution < -0.4 is 42.8 Å².